The molecule has 0 unspecified atom stereocenters. The maximum absolute atomic E-state index is 12.8. The lowest BCUT2D eigenvalue weighted by atomic mass is 10.0. The molecule has 1 saturated heterocycles. The summed E-state index contributed by atoms with van der Waals surface area (Å²) in [6.07, 6.45) is 6.41. The van der Waals surface area contributed by atoms with Gasteiger partial charge in [0.2, 0.25) is 5.91 Å². The molecular weight excluding hydrogens is 434 g/mol. The van der Waals surface area contributed by atoms with Crippen LogP contribution >= 0.6 is 11.6 Å². The first-order valence-corrected chi connectivity index (χ1v) is 11.9. The summed E-state index contributed by atoms with van der Waals surface area (Å²) in [6.45, 7) is 4.83. The van der Waals surface area contributed by atoms with Crippen LogP contribution < -0.4 is 11.1 Å². The fourth-order valence-electron chi connectivity index (χ4n) is 4.86. The molecule has 4 aromatic rings. The van der Waals surface area contributed by atoms with Crippen LogP contribution in [0, 0.1) is 6.92 Å². The zero-order valence-corrected chi connectivity index (χ0v) is 19.6. The van der Waals surface area contributed by atoms with Gasteiger partial charge in [-0.3, -0.25) is 9.69 Å². The standard InChI is InChI=1S/C26H30ClN5O/c1-16-2-4-24-21(10-16)17(13-29-24)11-23(28)26(33)31-20-6-8-32(9-7-20)15-18-14-30-25-5-3-19(27)12-22(18)25/h2-5,10,12-14,20,23,29-30H,6-9,11,15,28H2,1H3,(H,31,33)/t23-/m0/s1. The van der Waals surface area contributed by atoms with Crippen LogP contribution in [-0.2, 0) is 17.8 Å². The van der Waals surface area contributed by atoms with E-state index in [1.165, 1.54) is 16.5 Å². The molecule has 2 aromatic heterocycles. The van der Waals surface area contributed by atoms with Crippen molar-refractivity contribution in [2.45, 2.75) is 44.8 Å². The van der Waals surface area contributed by atoms with Crippen molar-refractivity contribution < 1.29 is 4.79 Å². The lowest BCUT2D eigenvalue weighted by Crippen LogP contribution is -2.50. The molecule has 6 nitrogen and oxygen atoms in total. The molecule has 7 heteroatoms. The molecule has 0 radical (unpaired) electrons. The van der Waals surface area contributed by atoms with E-state index in [1.54, 1.807) is 0 Å². The summed E-state index contributed by atoms with van der Waals surface area (Å²) in [5.74, 6) is -0.0678. The number of nitrogens with two attached hydrogens (primary N) is 1. The number of amides is 1. The fraction of sp³-hybridized carbons (Fsp3) is 0.346. The molecule has 1 amide bonds. The van der Waals surface area contributed by atoms with E-state index in [1.807, 2.05) is 24.4 Å². The van der Waals surface area contributed by atoms with E-state index in [0.717, 1.165) is 59.5 Å². The van der Waals surface area contributed by atoms with Crippen molar-refractivity contribution in [3.63, 3.8) is 0 Å². The number of aromatic nitrogens is 2. The summed E-state index contributed by atoms with van der Waals surface area (Å²) in [6, 6.07) is 11.8. The van der Waals surface area contributed by atoms with Gasteiger partial charge in [0, 0.05) is 64.9 Å². The number of aryl methyl sites for hydroxylation is 1. The van der Waals surface area contributed by atoms with Crippen molar-refractivity contribution in [2.75, 3.05) is 13.1 Å². The number of halogens is 1. The highest BCUT2D eigenvalue weighted by Crippen LogP contribution is 2.25. The Balaban J connectivity index is 1.14. The average Bonchev–Trinajstić information content (AvgIpc) is 3.38. The number of aromatic amines is 2. The maximum Gasteiger partial charge on any atom is 0.237 e. The first-order chi connectivity index (χ1) is 16.0. The number of hydrogen-bond acceptors (Lipinski definition) is 3. The lowest BCUT2D eigenvalue weighted by Gasteiger charge is -2.32. The highest BCUT2D eigenvalue weighted by Gasteiger charge is 2.24. The van der Waals surface area contributed by atoms with Crippen molar-refractivity contribution in [3.8, 4) is 0 Å². The van der Waals surface area contributed by atoms with Crippen LogP contribution in [0.1, 0.15) is 29.5 Å². The highest BCUT2D eigenvalue weighted by atomic mass is 35.5. The Bertz CT molecular complexity index is 1280. The van der Waals surface area contributed by atoms with E-state index in [-0.39, 0.29) is 11.9 Å². The first kappa shape index (κ1) is 22.0. The first-order valence-electron chi connectivity index (χ1n) is 11.6. The van der Waals surface area contributed by atoms with Gasteiger partial charge in [-0.05, 0) is 67.6 Å². The molecule has 3 heterocycles. The molecule has 1 aliphatic heterocycles. The largest absolute Gasteiger partial charge is 0.361 e. The lowest BCUT2D eigenvalue weighted by molar-refractivity contribution is -0.123. The zero-order chi connectivity index (χ0) is 22.9. The molecule has 33 heavy (non-hydrogen) atoms. The van der Waals surface area contributed by atoms with Gasteiger partial charge in [0.15, 0.2) is 0 Å². The number of fused-ring (bicyclic) bond motifs is 2. The minimum atomic E-state index is -0.557. The Morgan fingerprint density at radius 3 is 2.52 bits per heavy atom. The van der Waals surface area contributed by atoms with Gasteiger partial charge < -0.3 is 21.0 Å². The number of hydrogen-bond donors (Lipinski definition) is 4. The molecule has 0 aliphatic carbocycles. The van der Waals surface area contributed by atoms with Crippen molar-refractivity contribution in [1.82, 2.24) is 20.2 Å². The summed E-state index contributed by atoms with van der Waals surface area (Å²) < 4.78 is 0. The third-order valence-corrected chi connectivity index (χ3v) is 6.99. The van der Waals surface area contributed by atoms with Crippen molar-refractivity contribution >= 4 is 39.3 Å². The summed E-state index contributed by atoms with van der Waals surface area (Å²) >= 11 is 6.18. The topological polar surface area (TPSA) is 89.9 Å². The van der Waals surface area contributed by atoms with Gasteiger partial charge in [-0.25, -0.2) is 0 Å². The average molecular weight is 464 g/mol. The van der Waals surface area contributed by atoms with Crippen molar-refractivity contribution in [3.05, 3.63) is 70.5 Å². The van der Waals surface area contributed by atoms with E-state index >= 15 is 0 Å². The molecule has 1 aliphatic rings. The van der Waals surface area contributed by atoms with Crippen LogP contribution in [-0.4, -0.2) is 45.9 Å². The normalized spacial score (nSPS) is 16.5. The summed E-state index contributed by atoms with van der Waals surface area (Å²) in [7, 11) is 0. The molecular formula is C26H30ClN5O. The SMILES string of the molecule is Cc1ccc2[nH]cc(C[C@H](N)C(=O)NC3CCN(Cc4c[nH]c5ccc(Cl)cc45)CC3)c2c1. The summed E-state index contributed by atoms with van der Waals surface area (Å²) in [5.41, 5.74) is 12.0. The molecule has 0 spiro atoms. The molecule has 5 N–H and O–H groups in total. The Morgan fingerprint density at radius 1 is 1.09 bits per heavy atom. The third-order valence-electron chi connectivity index (χ3n) is 6.76. The Morgan fingerprint density at radius 2 is 1.76 bits per heavy atom. The van der Waals surface area contributed by atoms with Gasteiger partial charge in [0.05, 0.1) is 6.04 Å². The molecule has 0 bridgehead atoms. The van der Waals surface area contributed by atoms with Crippen LogP contribution in [0.25, 0.3) is 21.8 Å². The number of carbonyl (C=O) groups is 1. The summed E-state index contributed by atoms with van der Waals surface area (Å²) in [4.78, 5) is 21.8. The van der Waals surface area contributed by atoms with Gasteiger partial charge in [0.25, 0.3) is 0 Å². The quantitative estimate of drug-likeness (QED) is 0.344. The predicted octanol–water partition coefficient (Wildman–Crippen LogP) is 4.26. The van der Waals surface area contributed by atoms with Gasteiger partial charge in [-0.15, -0.1) is 0 Å². The number of nitrogens with one attached hydrogen (secondary N) is 3. The summed E-state index contributed by atoms with van der Waals surface area (Å²) in [5, 5.41) is 6.26. The van der Waals surface area contributed by atoms with E-state index in [4.69, 9.17) is 17.3 Å². The van der Waals surface area contributed by atoms with Crippen LogP contribution in [0.2, 0.25) is 5.02 Å². The minimum Gasteiger partial charge on any atom is -0.361 e. The Labute approximate surface area is 198 Å². The van der Waals surface area contributed by atoms with Gasteiger partial charge >= 0.3 is 0 Å². The van der Waals surface area contributed by atoms with E-state index < -0.39 is 6.04 Å². The maximum atomic E-state index is 12.8. The molecule has 1 fully saturated rings. The second-order valence-electron chi connectivity index (χ2n) is 9.24. The van der Waals surface area contributed by atoms with E-state index in [2.05, 4.69) is 51.5 Å². The van der Waals surface area contributed by atoms with E-state index in [9.17, 15) is 4.79 Å². The van der Waals surface area contributed by atoms with Crippen LogP contribution in [0.4, 0.5) is 0 Å². The molecule has 1 atom stereocenters. The predicted molar refractivity (Wildman–Crippen MR) is 134 cm³/mol. The fourth-order valence-corrected chi connectivity index (χ4v) is 5.03. The number of H-pyrrole nitrogens is 2. The number of likely N-dealkylation sites (tertiary alicyclic amines) is 1. The number of carbonyl (C=O) groups excluding carboxylic acids is 1. The van der Waals surface area contributed by atoms with Crippen LogP contribution in [0.5, 0.6) is 0 Å². The van der Waals surface area contributed by atoms with Gasteiger partial charge in [-0.1, -0.05) is 23.2 Å². The third kappa shape index (κ3) is 4.78. The second kappa shape index (κ2) is 9.21. The van der Waals surface area contributed by atoms with Crippen LogP contribution in [0.3, 0.4) is 0 Å². The monoisotopic (exact) mass is 463 g/mol. The number of piperidine rings is 1. The van der Waals surface area contributed by atoms with Crippen LogP contribution in [0.15, 0.2) is 48.8 Å². The Kier molecular flexibility index (Phi) is 6.15. The van der Waals surface area contributed by atoms with Gasteiger partial charge in [-0.2, -0.15) is 0 Å². The molecule has 5 rings (SSSR count). The molecule has 0 saturated carbocycles. The van der Waals surface area contributed by atoms with Crippen molar-refractivity contribution in [1.29, 1.82) is 0 Å². The molecule has 172 valence electrons. The number of nitrogens with zero attached hydrogens (tertiary/aromatic N) is 1. The van der Waals surface area contributed by atoms with Crippen molar-refractivity contribution in [2.24, 2.45) is 5.73 Å². The number of benzene rings is 2. The van der Waals surface area contributed by atoms with E-state index in [0.29, 0.717) is 6.42 Å². The minimum absolute atomic E-state index is 0.0678. The highest BCUT2D eigenvalue weighted by molar-refractivity contribution is 6.31. The Hall–Kier alpha value is -2.80. The zero-order valence-electron chi connectivity index (χ0n) is 18.8. The smallest absolute Gasteiger partial charge is 0.237 e. The second-order valence-corrected chi connectivity index (χ2v) is 9.67. The number of rotatable bonds is 6. The molecule has 2 aromatic carbocycles. The van der Waals surface area contributed by atoms with Gasteiger partial charge in [0.1, 0.15) is 0 Å².